The van der Waals surface area contributed by atoms with Crippen LogP contribution in [0.5, 0.6) is 0 Å². The summed E-state index contributed by atoms with van der Waals surface area (Å²) in [7, 11) is 0. The van der Waals surface area contributed by atoms with Crippen LogP contribution in [0, 0.1) is 6.85 Å². The SMILES string of the molecule is [2H]c1nc(Br)nc([2H])c1C([2H])([2H])[2H]. The van der Waals surface area contributed by atoms with Crippen LogP contribution in [0.3, 0.4) is 0 Å². The number of halogens is 1. The van der Waals surface area contributed by atoms with Gasteiger partial charge in [-0.2, -0.15) is 0 Å². The van der Waals surface area contributed by atoms with E-state index in [2.05, 4.69) is 25.9 Å². The third-order valence-corrected chi connectivity index (χ3v) is 0.875. The third-order valence-electron chi connectivity index (χ3n) is 0.520. The number of hydrogen-bond donors (Lipinski definition) is 0. The lowest BCUT2D eigenvalue weighted by atomic mass is 10.4. The molecule has 42 valence electrons. The average molecular weight is 178 g/mol. The predicted octanol–water partition coefficient (Wildman–Crippen LogP) is 1.55. The second-order valence-corrected chi connectivity index (χ2v) is 1.80. The predicted molar refractivity (Wildman–Crippen MR) is 34.5 cm³/mol. The van der Waals surface area contributed by atoms with Crippen LogP contribution in [-0.2, 0) is 0 Å². The number of aromatic nitrogens is 2. The van der Waals surface area contributed by atoms with E-state index >= 15 is 0 Å². The Hall–Kier alpha value is -0.440. The van der Waals surface area contributed by atoms with Crippen molar-refractivity contribution in [1.29, 1.82) is 0 Å². The molecule has 1 rings (SSSR count). The zero-order valence-corrected chi connectivity index (χ0v) is 5.36. The molecule has 0 saturated heterocycles. The van der Waals surface area contributed by atoms with Crippen LogP contribution < -0.4 is 0 Å². The van der Waals surface area contributed by atoms with Crippen LogP contribution in [0.15, 0.2) is 17.1 Å². The number of hydrogen-bond acceptors (Lipinski definition) is 2. The Kier molecular flexibility index (Phi) is 0.572. The summed E-state index contributed by atoms with van der Waals surface area (Å²) in [5.41, 5.74) is -0.421. The summed E-state index contributed by atoms with van der Waals surface area (Å²) in [5, 5.41) is 0. The van der Waals surface area contributed by atoms with Crippen LogP contribution in [0.1, 0.15) is 12.4 Å². The Morgan fingerprint density at radius 3 is 2.88 bits per heavy atom. The molecular formula is C5H5BrN2. The normalized spacial score (nSPS) is 19.9. The second-order valence-electron chi connectivity index (χ2n) is 1.09. The Bertz CT molecular complexity index is 313. The van der Waals surface area contributed by atoms with Gasteiger partial charge in [-0.25, -0.2) is 9.97 Å². The quantitative estimate of drug-likeness (QED) is 0.563. The molecule has 0 aliphatic heterocycles. The fourth-order valence-corrected chi connectivity index (χ4v) is 0.431. The van der Waals surface area contributed by atoms with Crippen molar-refractivity contribution in [3.05, 3.63) is 22.6 Å². The molecule has 0 unspecified atom stereocenters. The van der Waals surface area contributed by atoms with Gasteiger partial charge in [0.2, 0.25) is 0 Å². The zero-order valence-electron chi connectivity index (χ0n) is 8.77. The van der Waals surface area contributed by atoms with Crippen LogP contribution in [0.4, 0.5) is 0 Å². The first-order chi connectivity index (χ1) is 5.82. The van der Waals surface area contributed by atoms with Crippen molar-refractivity contribution in [2.45, 2.75) is 6.85 Å². The first-order valence-corrected chi connectivity index (χ1v) is 2.63. The molecule has 0 N–H and O–H groups in total. The van der Waals surface area contributed by atoms with Gasteiger partial charge in [-0.3, -0.25) is 0 Å². The Balaban J connectivity index is 3.38. The summed E-state index contributed by atoms with van der Waals surface area (Å²) in [6.45, 7) is -2.51. The molecule has 0 aliphatic carbocycles. The van der Waals surface area contributed by atoms with Gasteiger partial charge < -0.3 is 0 Å². The van der Waals surface area contributed by atoms with Crippen molar-refractivity contribution in [1.82, 2.24) is 9.97 Å². The maximum absolute atomic E-state index is 7.25. The van der Waals surface area contributed by atoms with E-state index in [-0.39, 0.29) is 4.73 Å². The molecular weight excluding hydrogens is 168 g/mol. The van der Waals surface area contributed by atoms with E-state index in [4.69, 9.17) is 6.85 Å². The van der Waals surface area contributed by atoms with E-state index in [1.54, 1.807) is 0 Å². The maximum Gasteiger partial charge on any atom is 0.196 e. The van der Waals surface area contributed by atoms with Crippen LogP contribution in [0.25, 0.3) is 0 Å². The minimum absolute atomic E-state index is 0.0514. The molecule has 1 heterocycles. The van der Waals surface area contributed by atoms with Crippen LogP contribution in [-0.4, -0.2) is 9.97 Å². The molecule has 3 heteroatoms. The molecule has 1 aromatic heterocycles. The van der Waals surface area contributed by atoms with Crippen molar-refractivity contribution < 1.29 is 6.85 Å². The van der Waals surface area contributed by atoms with Gasteiger partial charge in [0.15, 0.2) is 4.73 Å². The van der Waals surface area contributed by atoms with E-state index in [9.17, 15) is 0 Å². The van der Waals surface area contributed by atoms with Crippen molar-refractivity contribution in [3.63, 3.8) is 0 Å². The first-order valence-electron chi connectivity index (χ1n) is 4.33. The van der Waals surface area contributed by atoms with Gasteiger partial charge in [0.1, 0.15) is 0 Å². The minimum atomic E-state index is -2.51. The summed E-state index contributed by atoms with van der Waals surface area (Å²) in [6.07, 6.45) is -0.876. The molecule has 0 fully saturated rings. The van der Waals surface area contributed by atoms with Gasteiger partial charge in [-0.1, -0.05) is 0 Å². The van der Waals surface area contributed by atoms with Gasteiger partial charge in [-0.15, -0.1) is 0 Å². The molecule has 8 heavy (non-hydrogen) atoms. The van der Waals surface area contributed by atoms with E-state index in [0.29, 0.717) is 0 Å². The smallest absolute Gasteiger partial charge is 0.196 e. The van der Waals surface area contributed by atoms with E-state index in [0.717, 1.165) is 0 Å². The van der Waals surface area contributed by atoms with E-state index < -0.39 is 24.8 Å². The van der Waals surface area contributed by atoms with Crippen molar-refractivity contribution in [2.75, 3.05) is 0 Å². The van der Waals surface area contributed by atoms with Gasteiger partial charge in [-0.05, 0) is 28.3 Å². The third kappa shape index (κ3) is 1.26. The molecule has 2 nitrogen and oxygen atoms in total. The summed E-state index contributed by atoms with van der Waals surface area (Å²) in [5.74, 6) is 0. The highest BCUT2D eigenvalue weighted by atomic mass is 79.9. The van der Waals surface area contributed by atoms with Gasteiger partial charge in [0, 0.05) is 16.5 Å². The van der Waals surface area contributed by atoms with Gasteiger partial charge >= 0.3 is 0 Å². The molecule has 0 atom stereocenters. The summed E-state index contributed by atoms with van der Waals surface area (Å²) < 4.78 is 35.6. The Morgan fingerprint density at radius 1 is 1.75 bits per heavy atom. The highest BCUT2D eigenvalue weighted by Gasteiger charge is 1.84. The summed E-state index contributed by atoms with van der Waals surface area (Å²) >= 11 is 2.87. The molecule has 1 aromatic rings. The van der Waals surface area contributed by atoms with Crippen molar-refractivity contribution in [2.24, 2.45) is 0 Å². The van der Waals surface area contributed by atoms with Crippen LogP contribution in [0.2, 0.25) is 0 Å². The van der Waals surface area contributed by atoms with E-state index in [1.807, 2.05) is 0 Å². The lowest BCUT2D eigenvalue weighted by molar-refractivity contribution is 1.08. The second kappa shape index (κ2) is 2.22. The lowest BCUT2D eigenvalue weighted by Crippen LogP contribution is -1.80. The Morgan fingerprint density at radius 2 is 2.38 bits per heavy atom. The molecule has 0 aliphatic rings. The fraction of sp³-hybridized carbons (Fsp3) is 0.200. The monoisotopic (exact) mass is 177 g/mol. The minimum Gasteiger partial charge on any atom is -0.230 e. The van der Waals surface area contributed by atoms with Gasteiger partial charge in [0.05, 0.1) is 2.74 Å². The van der Waals surface area contributed by atoms with Crippen LogP contribution >= 0.6 is 15.9 Å². The summed E-state index contributed by atoms with van der Waals surface area (Å²) in [4.78, 5) is 6.99. The Labute approximate surface area is 63.1 Å². The topological polar surface area (TPSA) is 25.8 Å². The zero-order chi connectivity index (χ0) is 10.2. The molecule has 0 saturated carbocycles. The largest absolute Gasteiger partial charge is 0.230 e. The van der Waals surface area contributed by atoms with Gasteiger partial charge in [0.25, 0.3) is 0 Å². The highest BCUT2D eigenvalue weighted by Crippen LogP contribution is 1.98. The highest BCUT2D eigenvalue weighted by molar-refractivity contribution is 9.10. The molecule has 0 spiro atoms. The number of nitrogens with zero attached hydrogens (tertiary/aromatic N) is 2. The average Bonchev–Trinajstić information content (AvgIpc) is 1.78. The standard InChI is InChI=1S/C5H5BrN2/c1-4-2-7-5(6)8-3-4/h2-3H,1H3/i1D3,2D,3D. The fourth-order valence-electron chi connectivity index (χ4n) is 0.254. The number of rotatable bonds is 0. The summed E-state index contributed by atoms with van der Waals surface area (Å²) in [6, 6.07) is 0. The lowest BCUT2D eigenvalue weighted by Gasteiger charge is -1.86. The molecule has 0 aromatic carbocycles. The van der Waals surface area contributed by atoms with Crippen molar-refractivity contribution in [3.8, 4) is 0 Å². The molecule has 0 bridgehead atoms. The molecule has 0 radical (unpaired) electrons. The van der Waals surface area contributed by atoms with E-state index in [1.165, 1.54) is 0 Å². The van der Waals surface area contributed by atoms with Crippen molar-refractivity contribution >= 4 is 15.9 Å². The molecule has 0 amide bonds. The first kappa shape index (κ1) is 2.06. The maximum atomic E-state index is 7.25.